The van der Waals surface area contributed by atoms with Gasteiger partial charge in [-0.25, -0.2) is 9.69 Å². The molecule has 1 N–H and O–H groups in total. The molecule has 186 valence electrons. The van der Waals surface area contributed by atoms with Crippen LogP contribution >= 0.6 is 23.2 Å². The fourth-order valence-corrected chi connectivity index (χ4v) is 5.25. The van der Waals surface area contributed by atoms with Crippen LogP contribution in [0.4, 0.5) is 10.5 Å². The van der Waals surface area contributed by atoms with E-state index in [0.717, 1.165) is 38.2 Å². The van der Waals surface area contributed by atoms with Crippen molar-refractivity contribution in [2.75, 3.05) is 4.90 Å². The maximum atomic E-state index is 13.5. The minimum absolute atomic E-state index is 0.116. The summed E-state index contributed by atoms with van der Waals surface area (Å²) >= 11 is 12.5. The number of nitrogens with one attached hydrogen (secondary N) is 1. The predicted molar refractivity (Wildman–Crippen MR) is 147 cm³/mol. The molecule has 1 aromatic heterocycles. The van der Waals surface area contributed by atoms with Crippen LogP contribution in [-0.2, 0) is 16.1 Å². The third-order valence-corrected chi connectivity index (χ3v) is 7.07. The Labute approximate surface area is 224 Å². The maximum absolute atomic E-state index is 13.5. The predicted octanol–water partition coefficient (Wildman–Crippen LogP) is 6.59. The second-order valence-corrected chi connectivity index (χ2v) is 9.99. The van der Waals surface area contributed by atoms with Gasteiger partial charge in [-0.05, 0) is 73.9 Å². The lowest BCUT2D eigenvalue weighted by Gasteiger charge is -2.27. The molecule has 0 aliphatic carbocycles. The van der Waals surface area contributed by atoms with Crippen molar-refractivity contribution in [2.24, 2.45) is 0 Å². The molecule has 4 aromatic rings. The minimum Gasteiger partial charge on any atom is -0.340 e. The van der Waals surface area contributed by atoms with E-state index in [0.29, 0.717) is 27.8 Å². The highest BCUT2D eigenvalue weighted by atomic mass is 35.5. The van der Waals surface area contributed by atoms with Gasteiger partial charge in [-0.3, -0.25) is 14.9 Å². The van der Waals surface area contributed by atoms with E-state index in [2.05, 4.69) is 9.88 Å². The fraction of sp³-hybridized carbons (Fsp3) is 0.138. The van der Waals surface area contributed by atoms with E-state index >= 15 is 0 Å². The van der Waals surface area contributed by atoms with Gasteiger partial charge in [0.15, 0.2) is 0 Å². The van der Waals surface area contributed by atoms with Gasteiger partial charge in [-0.15, -0.1) is 0 Å². The van der Waals surface area contributed by atoms with Gasteiger partial charge in [0.25, 0.3) is 11.8 Å². The Morgan fingerprint density at radius 1 is 0.892 bits per heavy atom. The lowest BCUT2D eigenvalue weighted by molar-refractivity contribution is -0.122. The normalized spacial score (nSPS) is 15.1. The largest absolute Gasteiger partial charge is 0.340 e. The van der Waals surface area contributed by atoms with E-state index in [-0.39, 0.29) is 5.57 Å². The average Bonchev–Trinajstić information content (AvgIpc) is 3.08. The number of carbonyl (C=O) groups excluding carboxylic acids is 3. The van der Waals surface area contributed by atoms with E-state index in [9.17, 15) is 14.4 Å². The third-order valence-electron chi connectivity index (χ3n) is 6.48. The molecule has 37 heavy (non-hydrogen) atoms. The molecule has 0 atom stereocenters. The van der Waals surface area contributed by atoms with Crippen LogP contribution in [0.3, 0.4) is 0 Å². The Balaban J connectivity index is 1.62. The summed E-state index contributed by atoms with van der Waals surface area (Å²) in [6.07, 6.45) is 1.57. The van der Waals surface area contributed by atoms with Crippen molar-refractivity contribution >= 4 is 63.7 Å². The lowest BCUT2D eigenvalue weighted by atomic mass is 10.0. The van der Waals surface area contributed by atoms with Gasteiger partial charge in [-0.1, -0.05) is 53.5 Å². The quantitative estimate of drug-likeness (QED) is 0.238. The molecule has 2 heterocycles. The third kappa shape index (κ3) is 4.54. The van der Waals surface area contributed by atoms with Crippen molar-refractivity contribution in [3.05, 3.63) is 104 Å². The molecule has 0 saturated carbocycles. The monoisotopic (exact) mass is 531 g/mol. The van der Waals surface area contributed by atoms with Gasteiger partial charge in [0.2, 0.25) is 0 Å². The number of halogens is 2. The maximum Gasteiger partial charge on any atom is 0.335 e. The highest BCUT2D eigenvalue weighted by molar-refractivity contribution is 6.39. The average molecular weight is 532 g/mol. The van der Waals surface area contributed by atoms with Crippen LogP contribution in [0.2, 0.25) is 10.0 Å². The van der Waals surface area contributed by atoms with Crippen molar-refractivity contribution in [3.8, 4) is 0 Å². The first kappa shape index (κ1) is 24.8. The molecule has 1 fully saturated rings. The molecular formula is C29H23Cl2N3O3. The summed E-state index contributed by atoms with van der Waals surface area (Å²) in [5.74, 6) is -1.40. The number of anilines is 1. The summed E-state index contributed by atoms with van der Waals surface area (Å²) in [6, 6.07) is 17.8. The van der Waals surface area contributed by atoms with Crippen LogP contribution < -0.4 is 10.2 Å². The highest BCUT2D eigenvalue weighted by Crippen LogP contribution is 2.32. The Hall–Kier alpha value is -3.87. The lowest BCUT2D eigenvalue weighted by Crippen LogP contribution is -2.54. The van der Waals surface area contributed by atoms with E-state index < -0.39 is 17.8 Å². The van der Waals surface area contributed by atoms with Crippen molar-refractivity contribution in [1.29, 1.82) is 0 Å². The second-order valence-electron chi connectivity index (χ2n) is 9.14. The topological polar surface area (TPSA) is 71.4 Å². The number of imide groups is 2. The second kappa shape index (κ2) is 9.54. The number of hydrogen-bond donors (Lipinski definition) is 1. The molecule has 1 aliphatic rings. The van der Waals surface area contributed by atoms with Crippen LogP contribution in [0.5, 0.6) is 0 Å². The molecule has 1 aliphatic heterocycles. The van der Waals surface area contributed by atoms with Crippen molar-refractivity contribution < 1.29 is 14.4 Å². The van der Waals surface area contributed by atoms with Gasteiger partial charge in [0, 0.05) is 38.8 Å². The molecule has 0 spiro atoms. The first-order valence-electron chi connectivity index (χ1n) is 11.7. The smallest absolute Gasteiger partial charge is 0.335 e. The van der Waals surface area contributed by atoms with Gasteiger partial charge in [0.05, 0.1) is 5.69 Å². The molecule has 8 heteroatoms. The first-order valence-corrected chi connectivity index (χ1v) is 12.4. The Bertz CT molecular complexity index is 1630. The van der Waals surface area contributed by atoms with Crippen LogP contribution in [0, 0.1) is 20.8 Å². The summed E-state index contributed by atoms with van der Waals surface area (Å²) in [7, 11) is 0. The molecule has 0 bridgehead atoms. The van der Waals surface area contributed by atoms with Crippen LogP contribution in [0.25, 0.3) is 17.0 Å². The number of amides is 4. The van der Waals surface area contributed by atoms with E-state index in [1.165, 1.54) is 0 Å². The number of hydrogen-bond acceptors (Lipinski definition) is 3. The standard InChI is InChI=1S/C29H23Cl2N3O3/c1-16-10-17(2)12-21(11-16)34-28(36)24(27(35)32-29(34)37)14-23-18(3)33(26-7-5-4-6-22(23)26)15-19-8-9-20(30)13-25(19)31/h4-14H,15H2,1-3H3,(H,32,35,37)/b24-14+. The van der Waals surface area contributed by atoms with Gasteiger partial charge in [-0.2, -0.15) is 0 Å². The molecular weight excluding hydrogens is 509 g/mol. The van der Waals surface area contributed by atoms with Crippen molar-refractivity contribution in [1.82, 2.24) is 9.88 Å². The van der Waals surface area contributed by atoms with Crippen LogP contribution in [0.15, 0.2) is 66.2 Å². The number of para-hydroxylation sites is 1. The number of fused-ring (bicyclic) bond motifs is 1. The van der Waals surface area contributed by atoms with Crippen LogP contribution in [-0.4, -0.2) is 22.4 Å². The summed E-state index contributed by atoms with van der Waals surface area (Å²) in [5.41, 5.74) is 5.46. The summed E-state index contributed by atoms with van der Waals surface area (Å²) in [6.45, 7) is 6.17. The number of aromatic nitrogens is 1. The zero-order valence-electron chi connectivity index (χ0n) is 20.4. The number of nitrogens with zero attached hydrogens (tertiary/aromatic N) is 2. The molecule has 5 rings (SSSR count). The number of barbiturate groups is 1. The van der Waals surface area contributed by atoms with Gasteiger partial charge < -0.3 is 4.57 Å². The minimum atomic E-state index is -0.770. The van der Waals surface area contributed by atoms with E-state index in [1.807, 2.05) is 57.2 Å². The number of rotatable bonds is 4. The highest BCUT2D eigenvalue weighted by Gasteiger charge is 2.37. The summed E-state index contributed by atoms with van der Waals surface area (Å²) < 4.78 is 2.08. The SMILES string of the molecule is Cc1cc(C)cc(N2C(=O)NC(=O)/C(=C\c3c(C)n(Cc4ccc(Cl)cc4Cl)c4ccccc34)C2=O)c1. The molecule has 4 amide bonds. The zero-order chi connectivity index (χ0) is 26.4. The molecule has 3 aromatic carbocycles. The van der Waals surface area contributed by atoms with Crippen LogP contribution in [0.1, 0.15) is 27.9 Å². The van der Waals surface area contributed by atoms with Crippen molar-refractivity contribution in [3.63, 3.8) is 0 Å². The molecule has 0 radical (unpaired) electrons. The molecule has 0 unspecified atom stereocenters. The summed E-state index contributed by atoms with van der Waals surface area (Å²) in [4.78, 5) is 40.1. The van der Waals surface area contributed by atoms with Crippen molar-refractivity contribution in [2.45, 2.75) is 27.3 Å². The van der Waals surface area contributed by atoms with Gasteiger partial charge >= 0.3 is 6.03 Å². The fourth-order valence-electron chi connectivity index (χ4n) is 4.78. The zero-order valence-corrected chi connectivity index (χ0v) is 21.9. The molecule has 1 saturated heterocycles. The van der Waals surface area contributed by atoms with E-state index in [1.54, 1.807) is 30.3 Å². The first-order chi connectivity index (χ1) is 17.6. The number of aryl methyl sites for hydroxylation is 2. The number of urea groups is 1. The number of carbonyl (C=O) groups is 3. The number of benzene rings is 3. The van der Waals surface area contributed by atoms with Gasteiger partial charge in [0.1, 0.15) is 5.57 Å². The Kier molecular flexibility index (Phi) is 6.40. The molecule has 6 nitrogen and oxygen atoms in total. The Morgan fingerprint density at radius 2 is 1.59 bits per heavy atom. The Morgan fingerprint density at radius 3 is 2.30 bits per heavy atom. The van der Waals surface area contributed by atoms with E-state index in [4.69, 9.17) is 23.2 Å². The summed E-state index contributed by atoms with van der Waals surface area (Å²) in [5, 5.41) is 4.29.